The fourth-order valence-electron chi connectivity index (χ4n) is 1.53. The Morgan fingerprint density at radius 1 is 1.47 bits per heavy atom. The zero-order valence-corrected chi connectivity index (χ0v) is 11.5. The Bertz CT molecular complexity index is 597. The lowest BCUT2D eigenvalue weighted by Gasteiger charge is -2.08. The third kappa shape index (κ3) is 2.82. The van der Waals surface area contributed by atoms with Crippen LogP contribution in [0.25, 0.3) is 0 Å². The summed E-state index contributed by atoms with van der Waals surface area (Å²) in [6, 6.07) is 5.04. The number of nitrogen functional groups attached to an aromatic ring is 1. The molecule has 1 heterocycles. The number of anilines is 2. The smallest absolute Gasteiger partial charge is 0.259 e. The monoisotopic (exact) mass is 278 g/mol. The molecular formula is C12H14N4O2S. The van der Waals surface area contributed by atoms with Crippen molar-refractivity contribution < 1.29 is 9.53 Å². The van der Waals surface area contributed by atoms with Crippen molar-refractivity contribution in [3.8, 4) is 5.75 Å². The molecule has 1 aromatic heterocycles. The Morgan fingerprint density at radius 3 is 2.89 bits per heavy atom. The standard InChI is InChI=1S/C12H14N4O2S/c1-3-9-15-16-12(19-9)14-11(17)7-5-4-6-8(18-2)10(7)13/h4-6H,3,13H2,1-2H3,(H,14,16,17). The predicted octanol–water partition coefficient (Wildman–Crippen LogP) is 1.94. The maximum absolute atomic E-state index is 12.1. The Balaban J connectivity index is 2.20. The van der Waals surface area contributed by atoms with Crippen LogP contribution in [0, 0.1) is 0 Å². The van der Waals surface area contributed by atoms with Crippen LogP contribution < -0.4 is 15.8 Å². The zero-order valence-electron chi connectivity index (χ0n) is 10.6. The number of hydrogen-bond acceptors (Lipinski definition) is 6. The topological polar surface area (TPSA) is 90.1 Å². The largest absolute Gasteiger partial charge is 0.495 e. The maximum atomic E-state index is 12.1. The lowest BCUT2D eigenvalue weighted by molar-refractivity contribution is 0.102. The van der Waals surface area contributed by atoms with Crippen molar-refractivity contribution in [2.24, 2.45) is 0 Å². The summed E-state index contributed by atoms with van der Waals surface area (Å²) in [5, 5.41) is 11.8. The van der Waals surface area contributed by atoms with E-state index in [9.17, 15) is 4.79 Å². The van der Waals surface area contributed by atoms with Crippen LogP contribution in [-0.4, -0.2) is 23.2 Å². The molecule has 7 heteroatoms. The van der Waals surface area contributed by atoms with Crippen molar-refractivity contribution in [2.75, 3.05) is 18.2 Å². The number of aryl methyl sites for hydroxylation is 1. The number of carbonyl (C=O) groups is 1. The van der Waals surface area contributed by atoms with Crippen LogP contribution in [0.5, 0.6) is 5.75 Å². The Morgan fingerprint density at radius 2 is 2.26 bits per heavy atom. The zero-order chi connectivity index (χ0) is 13.8. The number of methoxy groups -OCH3 is 1. The van der Waals surface area contributed by atoms with E-state index in [1.807, 2.05) is 6.92 Å². The van der Waals surface area contributed by atoms with E-state index >= 15 is 0 Å². The van der Waals surface area contributed by atoms with Gasteiger partial charge in [0.05, 0.1) is 18.4 Å². The molecule has 3 N–H and O–H groups in total. The van der Waals surface area contributed by atoms with Crippen molar-refractivity contribution in [1.29, 1.82) is 0 Å². The minimum Gasteiger partial charge on any atom is -0.495 e. The fourth-order valence-corrected chi connectivity index (χ4v) is 2.21. The first-order valence-corrected chi connectivity index (χ1v) is 6.53. The van der Waals surface area contributed by atoms with Crippen molar-refractivity contribution >= 4 is 28.1 Å². The van der Waals surface area contributed by atoms with E-state index < -0.39 is 0 Å². The highest BCUT2D eigenvalue weighted by Crippen LogP contribution is 2.26. The molecular weight excluding hydrogens is 264 g/mol. The molecule has 0 radical (unpaired) electrons. The summed E-state index contributed by atoms with van der Waals surface area (Å²) in [6.07, 6.45) is 0.787. The van der Waals surface area contributed by atoms with Crippen molar-refractivity contribution in [2.45, 2.75) is 13.3 Å². The molecule has 0 unspecified atom stereocenters. The van der Waals surface area contributed by atoms with Gasteiger partial charge in [-0.1, -0.05) is 24.3 Å². The number of benzene rings is 1. The fraction of sp³-hybridized carbons (Fsp3) is 0.250. The Hall–Kier alpha value is -2.15. The molecule has 2 aromatic rings. The summed E-state index contributed by atoms with van der Waals surface area (Å²) >= 11 is 1.35. The van der Waals surface area contributed by atoms with Gasteiger partial charge in [0.25, 0.3) is 5.91 Å². The molecule has 0 aliphatic carbocycles. The van der Waals surface area contributed by atoms with Crippen LogP contribution in [0.3, 0.4) is 0 Å². The van der Waals surface area contributed by atoms with Gasteiger partial charge < -0.3 is 10.5 Å². The molecule has 0 spiro atoms. The SMILES string of the molecule is CCc1nnc(NC(=O)c2cccc(OC)c2N)s1. The molecule has 0 fully saturated rings. The van der Waals surface area contributed by atoms with Gasteiger partial charge in [0.1, 0.15) is 10.8 Å². The molecule has 0 atom stereocenters. The number of rotatable bonds is 4. The van der Waals surface area contributed by atoms with Crippen LogP contribution in [-0.2, 0) is 6.42 Å². The average molecular weight is 278 g/mol. The van der Waals surface area contributed by atoms with Gasteiger partial charge in [-0.15, -0.1) is 10.2 Å². The van der Waals surface area contributed by atoms with Crippen molar-refractivity contribution in [3.05, 3.63) is 28.8 Å². The van der Waals surface area contributed by atoms with Gasteiger partial charge in [-0.25, -0.2) is 0 Å². The first-order chi connectivity index (χ1) is 9.15. The second-order valence-electron chi connectivity index (χ2n) is 3.73. The van der Waals surface area contributed by atoms with E-state index in [-0.39, 0.29) is 5.91 Å². The summed E-state index contributed by atoms with van der Waals surface area (Å²) < 4.78 is 5.08. The number of aromatic nitrogens is 2. The van der Waals surface area contributed by atoms with Gasteiger partial charge in [0, 0.05) is 0 Å². The molecule has 0 aliphatic heterocycles. The molecule has 1 amide bonds. The van der Waals surface area contributed by atoms with Crippen molar-refractivity contribution in [3.63, 3.8) is 0 Å². The lowest BCUT2D eigenvalue weighted by Crippen LogP contribution is -2.14. The average Bonchev–Trinajstić information content (AvgIpc) is 2.86. The number of carbonyl (C=O) groups excluding carboxylic acids is 1. The van der Waals surface area contributed by atoms with Crippen LogP contribution >= 0.6 is 11.3 Å². The highest BCUT2D eigenvalue weighted by atomic mass is 32.1. The first kappa shape index (κ1) is 13.3. The third-order valence-corrected chi connectivity index (χ3v) is 3.50. The predicted molar refractivity (Wildman–Crippen MR) is 74.6 cm³/mol. The number of nitrogens with one attached hydrogen (secondary N) is 1. The second-order valence-corrected chi connectivity index (χ2v) is 4.79. The molecule has 19 heavy (non-hydrogen) atoms. The molecule has 0 saturated heterocycles. The normalized spacial score (nSPS) is 10.2. The second kappa shape index (κ2) is 5.66. The number of nitrogens with two attached hydrogens (primary N) is 1. The minimum atomic E-state index is -0.324. The molecule has 1 aromatic carbocycles. The van der Waals surface area contributed by atoms with Crippen LogP contribution in [0.4, 0.5) is 10.8 Å². The summed E-state index contributed by atoms with van der Waals surface area (Å²) in [5.74, 6) is 0.148. The van der Waals surface area contributed by atoms with Gasteiger partial charge in [-0.05, 0) is 18.6 Å². The Kier molecular flexibility index (Phi) is 3.96. The summed E-state index contributed by atoms with van der Waals surface area (Å²) in [6.45, 7) is 1.98. The molecule has 0 aliphatic rings. The number of amides is 1. The van der Waals surface area contributed by atoms with Gasteiger partial charge in [-0.3, -0.25) is 10.1 Å². The quantitative estimate of drug-likeness (QED) is 0.834. The van der Waals surface area contributed by atoms with Crippen LogP contribution in [0.2, 0.25) is 0 Å². The van der Waals surface area contributed by atoms with Crippen LogP contribution in [0.1, 0.15) is 22.3 Å². The van der Waals surface area contributed by atoms with Gasteiger partial charge in [0.2, 0.25) is 5.13 Å². The van der Waals surface area contributed by atoms with E-state index in [1.165, 1.54) is 18.4 Å². The maximum Gasteiger partial charge on any atom is 0.259 e. The third-order valence-electron chi connectivity index (χ3n) is 2.52. The van der Waals surface area contributed by atoms with Crippen LogP contribution in [0.15, 0.2) is 18.2 Å². The van der Waals surface area contributed by atoms with E-state index in [0.29, 0.717) is 22.1 Å². The lowest BCUT2D eigenvalue weighted by atomic mass is 10.1. The summed E-state index contributed by atoms with van der Waals surface area (Å²) in [7, 11) is 1.51. The summed E-state index contributed by atoms with van der Waals surface area (Å²) in [5.41, 5.74) is 6.52. The number of nitrogens with zero attached hydrogens (tertiary/aromatic N) is 2. The molecule has 0 bridgehead atoms. The molecule has 6 nitrogen and oxygen atoms in total. The highest BCUT2D eigenvalue weighted by molar-refractivity contribution is 7.15. The van der Waals surface area contributed by atoms with Gasteiger partial charge in [-0.2, -0.15) is 0 Å². The van der Waals surface area contributed by atoms with Crippen molar-refractivity contribution in [1.82, 2.24) is 10.2 Å². The molecule has 2 rings (SSSR count). The minimum absolute atomic E-state index is 0.308. The highest BCUT2D eigenvalue weighted by Gasteiger charge is 2.14. The van der Waals surface area contributed by atoms with E-state index in [0.717, 1.165) is 11.4 Å². The molecule has 100 valence electrons. The summed E-state index contributed by atoms with van der Waals surface area (Å²) in [4.78, 5) is 12.1. The van der Waals surface area contributed by atoms with Gasteiger partial charge >= 0.3 is 0 Å². The van der Waals surface area contributed by atoms with E-state index in [2.05, 4.69) is 15.5 Å². The number of hydrogen-bond donors (Lipinski definition) is 2. The van der Waals surface area contributed by atoms with E-state index in [1.54, 1.807) is 18.2 Å². The number of para-hydroxylation sites is 1. The number of ether oxygens (including phenoxy) is 1. The first-order valence-electron chi connectivity index (χ1n) is 5.72. The van der Waals surface area contributed by atoms with E-state index in [4.69, 9.17) is 10.5 Å². The van der Waals surface area contributed by atoms with Gasteiger partial charge in [0.15, 0.2) is 0 Å². The Labute approximate surface area is 114 Å². The molecule has 0 saturated carbocycles.